The Hall–Kier alpha value is -1.51. The first-order valence-corrected chi connectivity index (χ1v) is 6.15. The van der Waals surface area contributed by atoms with Crippen molar-refractivity contribution in [3.63, 3.8) is 0 Å². The Morgan fingerprint density at radius 2 is 1.83 bits per heavy atom. The molecular weight excluding hydrogens is 228 g/mol. The molecule has 0 spiro atoms. The highest BCUT2D eigenvalue weighted by molar-refractivity contribution is 5.87. The van der Waals surface area contributed by atoms with Crippen LogP contribution in [-0.4, -0.2) is 19.0 Å². The smallest absolute Gasteiger partial charge is 0.161 e. The minimum Gasteiger partial charge on any atom is -0.493 e. The quantitative estimate of drug-likeness (QED) is 0.804. The van der Waals surface area contributed by atoms with Gasteiger partial charge in [-0.05, 0) is 52.3 Å². The van der Waals surface area contributed by atoms with Crippen LogP contribution in [0.5, 0.6) is 11.5 Å². The molecule has 0 aliphatic heterocycles. The van der Waals surface area contributed by atoms with Gasteiger partial charge in [-0.2, -0.15) is 0 Å². The van der Waals surface area contributed by atoms with Crippen molar-refractivity contribution in [2.24, 2.45) is 0 Å². The Kier molecular flexibility index (Phi) is 4.38. The number of Topliss-reactive ketones (excluding diaryl/α,β-unsaturated/α-hetero) is 1. The van der Waals surface area contributed by atoms with E-state index in [2.05, 4.69) is 0 Å². The lowest BCUT2D eigenvalue weighted by molar-refractivity contribution is -0.121. The van der Waals surface area contributed by atoms with Crippen molar-refractivity contribution in [2.45, 2.75) is 46.1 Å². The summed E-state index contributed by atoms with van der Waals surface area (Å²) in [5, 5.41) is 0. The minimum atomic E-state index is -0.510. The zero-order valence-electron chi connectivity index (χ0n) is 12.0. The van der Waals surface area contributed by atoms with E-state index in [0.717, 1.165) is 5.56 Å². The van der Waals surface area contributed by atoms with Gasteiger partial charge in [0, 0.05) is 5.41 Å². The lowest BCUT2D eigenvalue weighted by atomic mass is 9.81. The number of carbonyl (C=O) groups excluding carboxylic acids is 1. The Bertz CT molecular complexity index is 433. The summed E-state index contributed by atoms with van der Waals surface area (Å²) < 4.78 is 11.0. The molecule has 0 aromatic heterocycles. The van der Waals surface area contributed by atoms with Gasteiger partial charge in [-0.3, -0.25) is 4.79 Å². The monoisotopic (exact) mass is 250 g/mol. The van der Waals surface area contributed by atoms with Crippen LogP contribution < -0.4 is 9.47 Å². The number of hydrogen-bond donors (Lipinski definition) is 0. The van der Waals surface area contributed by atoms with E-state index in [4.69, 9.17) is 9.47 Å². The second-order valence-electron chi connectivity index (χ2n) is 5.21. The van der Waals surface area contributed by atoms with E-state index in [1.807, 2.05) is 45.9 Å². The van der Waals surface area contributed by atoms with Crippen molar-refractivity contribution in [3.05, 3.63) is 23.8 Å². The van der Waals surface area contributed by atoms with Crippen molar-refractivity contribution in [1.82, 2.24) is 0 Å². The molecule has 100 valence electrons. The largest absolute Gasteiger partial charge is 0.493 e. The van der Waals surface area contributed by atoms with Gasteiger partial charge in [-0.25, -0.2) is 0 Å². The molecule has 0 fully saturated rings. The third-order valence-corrected chi connectivity index (χ3v) is 3.13. The maximum atomic E-state index is 11.7. The second kappa shape index (κ2) is 5.42. The van der Waals surface area contributed by atoms with Crippen LogP contribution in [0.1, 0.15) is 40.2 Å². The summed E-state index contributed by atoms with van der Waals surface area (Å²) >= 11 is 0. The molecule has 0 bridgehead atoms. The van der Waals surface area contributed by atoms with E-state index < -0.39 is 5.41 Å². The van der Waals surface area contributed by atoms with Crippen molar-refractivity contribution < 1.29 is 14.3 Å². The second-order valence-corrected chi connectivity index (χ2v) is 5.21. The Morgan fingerprint density at radius 3 is 2.28 bits per heavy atom. The maximum absolute atomic E-state index is 11.7. The van der Waals surface area contributed by atoms with Gasteiger partial charge < -0.3 is 9.47 Å². The molecule has 3 heteroatoms. The van der Waals surface area contributed by atoms with Gasteiger partial charge in [-0.15, -0.1) is 0 Å². The van der Waals surface area contributed by atoms with Crippen LogP contribution in [0, 0.1) is 0 Å². The average Bonchev–Trinajstić information content (AvgIpc) is 2.28. The average molecular weight is 250 g/mol. The van der Waals surface area contributed by atoms with Crippen LogP contribution in [0.4, 0.5) is 0 Å². The molecule has 18 heavy (non-hydrogen) atoms. The van der Waals surface area contributed by atoms with E-state index in [1.165, 1.54) is 0 Å². The summed E-state index contributed by atoms with van der Waals surface area (Å²) in [6.07, 6.45) is 0.0885. The normalized spacial score (nSPS) is 11.5. The number of ether oxygens (including phenoxy) is 2. The van der Waals surface area contributed by atoms with E-state index in [0.29, 0.717) is 11.5 Å². The molecule has 0 saturated carbocycles. The molecule has 0 amide bonds. The van der Waals surface area contributed by atoms with Crippen LogP contribution in [-0.2, 0) is 10.2 Å². The molecular formula is C15H22O3. The van der Waals surface area contributed by atoms with E-state index in [9.17, 15) is 4.79 Å². The SMILES string of the molecule is COc1cc(C(C)(C)C(C)=O)ccc1OC(C)C. The fourth-order valence-electron chi connectivity index (χ4n) is 1.61. The van der Waals surface area contributed by atoms with Gasteiger partial charge >= 0.3 is 0 Å². The first-order valence-electron chi connectivity index (χ1n) is 6.15. The van der Waals surface area contributed by atoms with Gasteiger partial charge in [0.25, 0.3) is 0 Å². The summed E-state index contributed by atoms with van der Waals surface area (Å²) in [5.74, 6) is 1.49. The summed E-state index contributed by atoms with van der Waals surface area (Å²) in [6.45, 7) is 9.35. The van der Waals surface area contributed by atoms with Crippen LogP contribution in [0.15, 0.2) is 18.2 Å². The Morgan fingerprint density at radius 1 is 1.22 bits per heavy atom. The molecule has 3 nitrogen and oxygen atoms in total. The number of methoxy groups -OCH3 is 1. The highest BCUT2D eigenvalue weighted by Gasteiger charge is 2.27. The lowest BCUT2D eigenvalue weighted by Gasteiger charge is -2.23. The molecule has 0 atom stereocenters. The topological polar surface area (TPSA) is 35.5 Å². The van der Waals surface area contributed by atoms with E-state index in [-0.39, 0.29) is 11.9 Å². The third kappa shape index (κ3) is 3.03. The highest BCUT2D eigenvalue weighted by atomic mass is 16.5. The molecule has 0 radical (unpaired) electrons. The fraction of sp³-hybridized carbons (Fsp3) is 0.533. The number of carbonyl (C=O) groups is 1. The van der Waals surface area contributed by atoms with Gasteiger partial charge in [0.05, 0.1) is 13.2 Å². The van der Waals surface area contributed by atoms with Gasteiger partial charge in [0.2, 0.25) is 0 Å². The molecule has 1 aromatic carbocycles. The summed E-state index contributed by atoms with van der Waals surface area (Å²) in [4.78, 5) is 11.7. The molecule has 0 heterocycles. The van der Waals surface area contributed by atoms with Crippen LogP contribution in [0.3, 0.4) is 0 Å². The number of ketones is 1. The van der Waals surface area contributed by atoms with Crippen molar-refractivity contribution in [1.29, 1.82) is 0 Å². The molecule has 0 aliphatic rings. The number of hydrogen-bond acceptors (Lipinski definition) is 3. The summed E-state index contributed by atoms with van der Waals surface area (Å²) in [6, 6.07) is 5.65. The van der Waals surface area contributed by atoms with Crippen molar-refractivity contribution in [2.75, 3.05) is 7.11 Å². The first kappa shape index (κ1) is 14.6. The van der Waals surface area contributed by atoms with Crippen molar-refractivity contribution in [3.8, 4) is 11.5 Å². The molecule has 0 unspecified atom stereocenters. The standard InChI is InChI=1S/C15H22O3/c1-10(2)18-13-8-7-12(9-14(13)17-6)15(4,5)11(3)16/h7-10H,1-6H3. The zero-order valence-corrected chi connectivity index (χ0v) is 12.0. The van der Waals surface area contributed by atoms with Gasteiger partial charge in [0.15, 0.2) is 11.5 Å². The van der Waals surface area contributed by atoms with Crippen LogP contribution >= 0.6 is 0 Å². The number of benzene rings is 1. The molecule has 1 aromatic rings. The predicted molar refractivity (Wildman–Crippen MR) is 72.5 cm³/mol. The van der Waals surface area contributed by atoms with E-state index in [1.54, 1.807) is 14.0 Å². The minimum absolute atomic E-state index is 0.0885. The van der Waals surface area contributed by atoms with E-state index >= 15 is 0 Å². The fourth-order valence-corrected chi connectivity index (χ4v) is 1.61. The first-order chi connectivity index (χ1) is 8.28. The molecule has 1 rings (SSSR count). The van der Waals surface area contributed by atoms with Gasteiger partial charge in [0.1, 0.15) is 5.78 Å². The summed E-state index contributed by atoms with van der Waals surface area (Å²) in [7, 11) is 1.60. The van der Waals surface area contributed by atoms with Crippen LogP contribution in [0.2, 0.25) is 0 Å². The molecule has 0 N–H and O–H groups in total. The maximum Gasteiger partial charge on any atom is 0.161 e. The number of rotatable bonds is 5. The predicted octanol–water partition coefficient (Wildman–Crippen LogP) is 3.35. The molecule has 0 saturated heterocycles. The lowest BCUT2D eigenvalue weighted by Crippen LogP contribution is -2.26. The van der Waals surface area contributed by atoms with Crippen LogP contribution in [0.25, 0.3) is 0 Å². The van der Waals surface area contributed by atoms with Crippen molar-refractivity contribution >= 4 is 5.78 Å². The Balaban J connectivity index is 3.17. The Labute approximate surface area is 109 Å². The molecule has 0 aliphatic carbocycles. The highest BCUT2D eigenvalue weighted by Crippen LogP contribution is 2.34. The zero-order chi connectivity index (χ0) is 13.9. The third-order valence-electron chi connectivity index (χ3n) is 3.13. The van der Waals surface area contributed by atoms with Gasteiger partial charge in [-0.1, -0.05) is 6.07 Å². The summed E-state index contributed by atoms with van der Waals surface area (Å²) in [5.41, 5.74) is 0.423.